The maximum absolute atomic E-state index is 10.4. The lowest BCUT2D eigenvalue weighted by atomic mass is 10.00. The highest BCUT2D eigenvalue weighted by Crippen LogP contribution is 2.18. The fourth-order valence-corrected chi connectivity index (χ4v) is 3.23. The van der Waals surface area contributed by atoms with Gasteiger partial charge in [-0.15, -0.1) is 0 Å². The van der Waals surface area contributed by atoms with Gasteiger partial charge < -0.3 is 25.2 Å². The van der Waals surface area contributed by atoms with Crippen LogP contribution >= 0.6 is 0 Å². The minimum Gasteiger partial charge on any atom is -0.390 e. The fourth-order valence-electron chi connectivity index (χ4n) is 3.23. The SMILES string of the molecule is CCNC(=NCC(O)CN1CCc2ccccc2C1)NCCCOCCOC. The van der Waals surface area contributed by atoms with Gasteiger partial charge in [-0.2, -0.15) is 0 Å². The van der Waals surface area contributed by atoms with Crippen LogP contribution in [0.2, 0.25) is 0 Å². The van der Waals surface area contributed by atoms with Crippen LogP contribution in [0.5, 0.6) is 0 Å². The molecule has 3 N–H and O–H groups in total. The van der Waals surface area contributed by atoms with Gasteiger partial charge in [0.05, 0.1) is 25.9 Å². The Morgan fingerprint density at radius 3 is 2.82 bits per heavy atom. The molecule has 0 fully saturated rings. The third kappa shape index (κ3) is 8.56. The molecule has 1 aromatic rings. The molecule has 0 amide bonds. The first-order valence-corrected chi connectivity index (χ1v) is 10.3. The van der Waals surface area contributed by atoms with E-state index in [0.717, 1.165) is 45.0 Å². The highest BCUT2D eigenvalue weighted by Gasteiger charge is 2.18. The predicted octanol–water partition coefficient (Wildman–Crippen LogP) is 1.01. The molecule has 0 aliphatic carbocycles. The Morgan fingerprint density at radius 2 is 2.04 bits per heavy atom. The second kappa shape index (κ2) is 13.5. The van der Waals surface area contributed by atoms with Crippen molar-refractivity contribution in [3.63, 3.8) is 0 Å². The molecule has 0 spiro atoms. The molecule has 0 saturated carbocycles. The van der Waals surface area contributed by atoms with Crippen LogP contribution in [0.1, 0.15) is 24.5 Å². The number of nitrogens with zero attached hydrogens (tertiary/aromatic N) is 2. The molecular weight excluding hydrogens is 356 g/mol. The first kappa shape index (κ1) is 22.6. The smallest absolute Gasteiger partial charge is 0.191 e. The molecule has 0 saturated heterocycles. The van der Waals surface area contributed by atoms with E-state index < -0.39 is 6.10 Å². The molecule has 1 aliphatic heterocycles. The largest absolute Gasteiger partial charge is 0.390 e. The van der Waals surface area contributed by atoms with Crippen LogP contribution in [0.4, 0.5) is 0 Å². The number of rotatable bonds is 12. The van der Waals surface area contributed by atoms with Crippen molar-refractivity contribution in [1.82, 2.24) is 15.5 Å². The zero-order chi connectivity index (χ0) is 20.0. The lowest BCUT2D eigenvalue weighted by Gasteiger charge is -2.30. The molecule has 1 atom stereocenters. The zero-order valence-corrected chi connectivity index (χ0v) is 17.3. The van der Waals surface area contributed by atoms with Crippen LogP contribution in [0.25, 0.3) is 0 Å². The van der Waals surface area contributed by atoms with E-state index in [4.69, 9.17) is 9.47 Å². The molecule has 1 heterocycles. The Balaban J connectivity index is 1.68. The summed E-state index contributed by atoms with van der Waals surface area (Å²) in [4.78, 5) is 6.83. The summed E-state index contributed by atoms with van der Waals surface area (Å²) in [5.41, 5.74) is 2.79. The molecule has 0 bridgehead atoms. The second-order valence-electron chi connectivity index (χ2n) is 7.01. The Bertz CT molecular complexity index is 583. The number of methoxy groups -OCH3 is 1. The number of benzene rings is 1. The molecule has 158 valence electrons. The Labute approximate surface area is 169 Å². The summed E-state index contributed by atoms with van der Waals surface area (Å²) in [6.45, 7) is 8.45. The zero-order valence-electron chi connectivity index (χ0n) is 17.3. The van der Waals surface area contributed by atoms with Gasteiger partial charge in [0.15, 0.2) is 5.96 Å². The van der Waals surface area contributed by atoms with Crippen molar-refractivity contribution in [3.05, 3.63) is 35.4 Å². The maximum atomic E-state index is 10.4. The van der Waals surface area contributed by atoms with E-state index in [1.54, 1.807) is 7.11 Å². The van der Waals surface area contributed by atoms with Crippen LogP contribution in [0.3, 0.4) is 0 Å². The van der Waals surface area contributed by atoms with Crippen molar-refractivity contribution in [3.8, 4) is 0 Å². The highest BCUT2D eigenvalue weighted by molar-refractivity contribution is 5.79. The van der Waals surface area contributed by atoms with Gasteiger partial charge in [0.25, 0.3) is 0 Å². The van der Waals surface area contributed by atoms with Crippen LogP contribution in [0.15, 0.2) is 29.3 Å². The minimum absolute atomic E-state index is 0.387. The lowest BCUT2D eigenvalue weighted by Crippen LogP contribution is -2.40. The summed E-state index contributed by atoms with van der Waals surface area (Å²) in [7, 11) is 1.67. The van der Waals surface area contributed by atoms with Crippen LogP contribution in [-0.2, 0) is 22.4 Å². The quantitative estimate of drug-likeness (QED) is 0.280. The maximum Gasteiger partial charge on any atom is 0.191 e. The van der Waals surface area contributed by atoms with E-state index in [0.29, 0.717) is 32.9 Å². The van der Waals surface area contributed by atoms with Gasteiger partial charge in [-0.25, -0.2) is 0 Å². The lowest BCUT2D eigenvalue weighted by molar-refractivity contribution is 0.0698. The number of nitrogens with one attached hydrogen (secondary N) is 2. The standard InChI is InChI=1S/C21H36N4O3/c1-3-22-21(23-10-6-12-28-14-13-27-2)24-15-20(26)17-25-11-9-18-7-4-5-8-19(18)16-25/h4-5,7-8,20,26H,3,6,9-17H2,1-2H3,(H2,22,23,24). The number of β-amino-alcohol motifs (C(OH)–C–C–N with tert-alkyl or cyclic N) is 1. The van der Waals surface area contributed by atoms with E-state index in [2.05, 4.69) is 44.8 Å². The average molecular weight is 393 g/mol. The Morgan fingerprint density at radius 1 is 1.21 bits per heavy atom. The normalized spacial score (nSPS) is 15.9. The summed E-state index contributed by atoms with van der Waals surface area (Å²) in [6.07, 6.45) is 1.46. The Hall–Kier alpha value is -1.67. The van der Waals surface area contributed by atoms with Crippen molar-refractivity contribution >= 4 is 5.96 Å². The number of fused-ring (bicyclic) bond motifs is 1. The fraction of sp³-hybridized carbons (Fsp3) is 0.667. The van der Waals surface area contributed by atoms with Crippen molar-refractivity contribution < 1.29 is 14.6 Å². The van der Waals surface area contributed by atoms with Gasteiger partial charge in [0, 0.05) is 46.4 Å². The number of guanidine groups is 1. The first-order chi connectivity index (χ1) is 13.7. The highest BCUT2D eigenvalue weighted by atomic mass is 16.5. The molecule has 7 heteroatoms. The summed E-state index contributed by atoms with van der Waals surface area (Å²) in [6, 6.07) is 8.56. The van der Waals surface area contributed by atoms with Gasteiger partial charge in [0.2, 0.25) is 0 Å². The molecule has 1 aliphatic rings. The number of aliphatic hydroxyl groups excluding tert-OH is 1. The number of aliphatic hydroxyl groups is 1. The summed E-state index contributed by atoms with van der Waals surface area (Å²) in [5.74, 6) is 0.738. The van der Waals surface area contributed by atoms with Crippen molar-refractivity contribution in [2.45, 2.75) is 32.4 Å². The molecule has 0 aromatic heterocycles. The molecule has 7 nitrogen and oxygen atoms in total. The molecule has 28 heavy (non-hydrogen) atoms. The number of hydrogen-bond donors (Lipinski definition) is 3. The number of ether oxygens (including phenoxy) is 2. The van der Waals surface area contributed by atoms with Gasteiger partial charge in [0.1, 0.15) is 0 Å². The second-order valence-corrected chi connectivity index (χ2v) is 7.01. The molecule has 0 radical (unpaired) electrons. The predicted molar refractivity (Wildman–Crippen MR) is 113 cm³/mol. The summed E-state index contributed by atoms with van der Waals surface area (Å²) in [5, 5.41) is 16.9. The van der Waals surface area contributed by atoms with E-state index in [1.807, 2.05) is 6.92 Å². The van der Waals surface area contributed by atoms with Crippen molar-refractivity contribution in [1.29, 1.82) is 0 Å². The van der Waals surface area contributed by atoms with Crippen LogP contribution in [-0.4, -0.2) is 81.7 Å². The third-order valence-corrected chi connectivity index (χ3v) is 4.67. The van der Waals surface area contributed by atoms with Crippen molar-refractivity contribution in [2.24, 2.45) is 4.99 Å². The Kier molecular flexibility index (Phi) is 10.9. The number of hydrogen-bond acceptors (Lipinski definition) is 5. The molecule has 1 unspecified atom stereocenters. The van der Waals surface area contributed by atoms with E-state index in [-0.39, 0.29) is 0 Å². The van der Waals surface area contributed by atoms with Crippen LogP contribution < -0.4 is 10.6 Å². The van der Waals surface area contributed by atoms with Crippen molar-refractivity contribution in [2.75, 3.05) is 59.7 Å². The summed E-state index contributed by atoms with van der Waals surface area (Å²) < 4.78 is 10.4. The molecule has 1 aromatic carbocycles. The topological polar surface area (TPSA) is 78.4 Å². The van der Waals surface area contributed by atoms with E-state index >= 15 is 0 Å². The minimum atomic E-state index is -0.474. The first-order valence-electron chi connectivity index (χ1n) is 10.3. The van der Waals surface area contributed by atoms with E-state index in [1.165, 1.54) is 11.1 Å². The average Bonchev–Trinajstić information content (AvgIpc) is 2.71. The summed E-state index contributed by atoms with van der Waals surface area (Å²) >= 11 is 0. The molecule has 2 rings (SSSR count). The third-order valence-electron chi connectivity index (χ3n) is 4.67. The van der Waals surface area contributed by atoms with Gasteiger partial charge in [-0.05, 0) is 30.9 Å². The van der Waals surface area contributed by atoms with E-state index in [9.17, 15) is 5.11 Å². The number of aliphatic imine (C=N–C) groups is 1. The molecular formula is C21H36N4O3. The van der Waals surface area contributed by atoms with Gasteiger partial charge in [-0.3, -0.25) is 9.89 Å². The van der Waals surface area contributed by atoms with Gasteiger partial charge in [-0.1, -0.05) is 24.3 Å². The van der Waals surface area contributed by atoms with Crippen LogP contribution in [0, 0.1) is 0 Å². The van der Waals surface area contributed by atoms with Gasteiger partial charge >= 0.3 is 0 Å². The monoisotopic (exact) mass is 392 g/mol.